The molecule has 1 aliphatic rings. The summed E-state index contributed by atoms with van der Waals surface area (Å²) < 4.78 is 10.2. The van der Waals surface area contributed by atoms with Gasteiger partial charge in [-0.3, -0.25) is 0 Å². The van der Waals surface area contributed by atoms with Gasteiger partial charge in [-0.15, -0.1) is 0 Å². The Hall–Kier alpha value is -0.540. The molecule has 1 rings (SSSR count). The van der Waals surface area contributed by atoms with Crippen LogP contribution in [0.1, 0.15) is 13.8 Å². The molecular weight excluding hydrogens is 144 g/mol. The molecule has 0 aliphatic carbocycles. The van der Waals surface area contributed by atoms with Gasteiger partial charge in [-0.05, 0) is 19.9 Å². The van der Waals surface area contributed by atoms with Gasteiger partial charge in [0.15, 0.2) is 0 Å². The smallest absolute Gasteiger partial charge is 0.126 e. The van der Waals surface area contributed by atoms with Crippen molar-refractivity contribution in [2.45, 2.75) is 31.7 Å². The van der Waals surface area contributed by atoms with E-state index in [2.05, 4.69) is 0 Å². The number of methoxy groups -OCH3 is 1. The fourth-order valence-corrected chi connectivity index (χ4v) is 1.37. The maximum absolute atomic E-state index is 9.71. The normalized spacial score (nSPS) is 43.6. The maximum Gasteiger partial charge on any atom is 0.126 e. The van der Waals surface area contributed by atoms with Gasteiger partial charge in [0.05, 0.1) is 6.26 Å². The second-order valence-corrected chi connectivity index (χ2v) is 3.03. The lowest BCUT2D eigenvalue weighted by atomic mass is 9.93. The SMILES string of the molecule is CO[C@H]1[C@H](C)OC=C[C@]1(C)O. The second-order valence-electron chi connectivity index (χ2n) is 3.03. The van der Waals surface area contributed by atoms with E-state index in [1.165, 1.54) is 6.26 Å². The number of rotatable bonds is 1. The molecule has 1 aliphatic heterocycles. The molecule has 0 saturated heterocycles. The lowest BCUT2D eigenvalue weighted by Gasteiger charge is -2.36. The molecule has 3 nitrogen and oxygen atoms in total. The highest BCUT2D eigenvalue weighted by Crippen LogP contribution is 2.23. The third-order valence-corrected chi connectivity index (χ3v) is 1.95. The number of aliphatic hydroxyl groups is 1. The summed E-state index contributed by atoms with van der Waals surface area (Å²) in [4.78, 5) is 0. The summed E-state index contributed by atoms with van der Waals surface area (Å²) in [5, 5.41) is 9.71. The Balaban J connectivity index is 2.78. The van der Waals surface area contributed by atoms with E-state index in [-0.39, 0.29) is 12.2 Å². The topological polar surface area (TPSA) is 38.7 Å². The zero-order valence-electron chi connectivity index (χ0n) is 7.07. The molecule has 64 valence electrons. The predicted molar refractivity (Wildman–Crippen MR) is 41.1 cm³/mol. The molecule has 3 atom stereocenters. The van der Waals surface area contributed by atoms with Crippen molar-refractivity contribution < 1.29 is 14.6 Å². The summed E-state index contributed by atoms with van der Waals surface area (Å²) in [6.45, 7) is 3.57. The molecule has 1 N–H and O–H groups in total. The van der Waals surface area contributed by atoms with E-state index < -0.39 is 5.60 Å². The summed E-state index contributed by atoms with van der Waals surface area (Å²) in [5.41, 5.74) is -0.910. The van der Waals surface area contributed by atoms with Gasteiger partial charge < -0.3 is 14.6 Å². The zero-order valence-corrected chi connectivity index (χ0v) is 7.07. The summed E-state index contributed by atoms with van der Waals surface area (Å²) in [5.74, 6) is 0. The van der Waals surface area contributed by atoms with Crippen LogP contribution in [-0.2, 0) is 9.47 Å². The molecule has 0 unspecified atom stereocenters. The third kappa shape index (κ3) is 1.54. The number of ether oxygens (including phenoxy) is 2. The molecule has 0 aromatic rings. The molecule has 0 fully saturated rings. The predicted octanol–water partition coefficient (Wildman–Crippen LogP) is 0.685. The lowest BCUT2D eigenvalue weighted by Crippen LogP contribution is -2.48. The quantitative estimate of drug-likeness (QED) is 0.610. The van der Waals surface area contributed by atoms with Crippen molar-refractivity contribution in [1.82, 2.24) is 0 Å². The fraction of sp³-hybridized carbons (Fsp3) is 0.750. The van der Waals surface area contributed by atoms with Crippen molar-refractivity contribution in [2.75, 3.05) is 7.11 Å². The van der Waals surface area contributed by atoms with Crippen LogP contribution in [0.4, 0.5) is 0 Å². The van der Waals surface area contributed by atoms with E-state index >= 15 is 0 Å². The first kappa shape index (κ1) is 8.56. The van der Waals surface area contributed by atoms with Crippen LogP contribution in [0.15, 0.2) is 12.3 Å². The average molecular weight is 158 g/mol. The first-order valence-electron chi connectivity index (χ1n) is 3.66. The van der Waals surface area contributed by atoms with E-state index in [9.17, 15) is 5.11 Å². The largest absolute Gasteiger partial charge is 0.496 e. The van der Waals surface area contributed by atoms with Crippen LogP contribution in [0.5, 0.6) is 0 Å². The van der Waals surface area contributed by atoms with E-state index in [0.29, 0.717) is 0 Å². The van der Waals surface area contributed by atoms with Crippen LogP contribution in [0.25, 0.3) is 0 Å². The minimum Gasteiger partial charge on any atom is -0.496 e. The van der Waals surface area contributed by atoms with E-state index in [1.54, 1.807) is 20.1 Å². The van der Waals surface area contributed by atoms with E-state index in [4.69, 9.17) is 9.47 Å². The van der Waals surface area contributed by atoms with Crippen molar-refractivity contribution in [3.63, 3.8) is 0 Å². The molecule has 0 spiro atoms. The van der Waals surface area contributed by atoms with Crippen molar-refractivity contribution in [3.05, 3.63) is 12.3 Å². The van der Waals surface area contributed by atoms with E-state index in [0.717, 1.165) is 0 Å². The lowest BCUT2D eigenvalue weighted by molar-refractivity contribution is -0.121. The molecule has 1 heterocycles. The fourth-order valence-electron chi connectivity index (χ4n) is 1.37. The first-order chi connectivity index (χ1) is 5.08. The Labute approximate surface area is 66.6 Å². The molecule has 0 bridgehead atoms. The molecule has 0 aromatic carbocycles. The van der Waals surface area contributed by atoms with Crippen molar-refractivity contribution in [2.24, 2.45) is 0 Å². The Morgan fingerprint density at radius 2 is 2.27 bits per heavy atom. The van der Waals surface area contributed by atoms with Gasteiger partial charge in [-0.25, -0.2) is 0 Å². The Bertz CT molecular complexity index is 163. The highest BCUT2D eigenvalue weighted by Gasteiger charge is 2.37. The monoisotopic (exact) mass is 158 g/mol. The highest BCUT2D eigenvalue weighted by atomic mass is 16.5. The molecule has 0 radical (unpaired) electrons. The Kier molecular flexibility index (Phi) is 2.20. The summed E-state index contributed by atoms with van der Waals surface area (Å²) in [6, 6.07) is 0. The molecule has 0 aromatic heterocycles. The van der Waals surface area contributed by atoms with Gasteiger partial charge in [0.25, 0.3) is 0 Å². The van der Waals surface area contributed by atoms with Gasteiger partial charge in [0.2, 0.25) is 0 Å². The number of hydrogen-bond donors (Lipinski definition) is 1. The second kappa shape index (κ2) is 2.83. The van der Waals surface area contributed by atoms with E-state index in [1.807, 2.05) is 6.92 Å². The zero-order chi connectivity index (χ0) is 8.48. The third-order valence-electron chi connectivity index (χ3n) is 1.95. The van der Waals surface area contributed by atoms with Crippen molar-refractivity contribution in [3.8, 4) is 0 Å². The van der Waals surface area contributed by atoms with Crippen molar-refractivity contribution >= 4 is 0 Å². The molecular formula is C8H14O3. The average Bonchev–Trinajstić information content (AvgIpc) is 1.86. The summed E-state index contributed by atoms with van der Waals surface area (Å²) in [7, 11) is 1.57. The van der Waals surface area contributed by atoms with Gasteiger partial charge in [-0.1, -0.05) is 0 Å². The van der Waals surface area contributed by atoms with Gasteiger partial charge >= 0.3 is 0 Å². The molecule has 11 heavy (non-hydrogen) atoms. The van der Waals surface area contributed by atoms with Crippen LogP contribution in [0, 0.1) is 0 Å². The minimum absolute atomic E-state index is 0.0972. The van der Waals surface area contributed by atoms with Crippen molar-refractivity contribution in [1.29, 1.82) is 0 Å². The highest BCUT2D eigenvalue weighted by molar-refractivity contribution is 5.06. The van der Waals surface area contributed by atoms with Gasteiger partial charge in [-0.2, -0.15) is 0 Å². The van der Waals surface area contributed by atoms with Crippen LogP contribution in [0.2, 0.25) is 0 Å². The first-order valence-corrected chi connectivity index (χ1v) is 3.66. The van der Waals surface area contributed by atoms with Crippen LogP contribution in [0.3, 0.4) is 0 Å². The molecule has 0 saturated carbocycles. The summed E-state index contributed by atoms with van der Waals surface area (Å²) >= 11 is 0. The standard InChI is InChI=1S/C8H14O3/c1-6-7(10-3)8(2,9)4-5-11-6/h4-7,9H,1-3H3/t6-,7-,8-/m0/s1. The minimum atomic E-state index is -0.910. The molecule has 0 amide bonds. The van der Waals surface area contributed by atoms with Crippen LogP contribution >= 0.6 is 0 Å². The molecule has 3 heteroatoms. The Morgan fingerprint density at radius 3 is 2.64 bits per heavy atom. The maximum atomic E-state index is 9.71. The van der Waals surface area contributed by atoms with Crippen LogP contribution in [-0.4, -0.2) is 30.0 Å². The van der Waals surface area contributed by atoms with Crippen LogP contribution < -0.4 is 0 Å². The van der Waals surface area contributed by atoms with Gasteiger partial charge in [0.1, 0.15) is 17.8 Å². The summed E-state index contributed by atoms with van der Waals surface area (Å²) in [6.07, 6.45) is 2.73. The Morgan fingerprint density at radius 1 is 1.64 bits per heavy atom. The van der Waals surface area contributed by atoms with Gasteiger partial charge in [0, 0.05) is 7.11 Å². The number of hydrogen-bond acceptors (Lipinski definition) is 3.